The number of nitrogens with two attached hydrogens (primary N) is 1. The molecule has 2 N–H and O–H groups in total. The molecule has 3 aromatic carbocycles. The molecule has 0 fully saturated rings. The van der Waals surface area contributed by atoms with Crippen LogP contribution in [-0.2, 0) is 28.9 Å². The number of ether oxygens (including phenoxy) is 2. The van der Waals surface area contributed by atoms with Crippen LogP contribution in [0.3, 0.4) is 0 Å². The fourth-order valence-electron chi connectivity index (χ4n) is 4.80. The number of benzene rings is 3. The van der Waals surface area contributed by atoms with Crippen molar-refractivity contribution in [2.24, 2.45) is 5.73 Å². The van der Waals surface area contributed by atoms with E-state index in [1.165, 1.54) is 5.56 Å². The van der Waals surface area contributed by atoms with E-state index in [4.69, 9.17) is 15.2 Å². The van der Waals surface area contributed by atoms with E-state index in [-0.39, 0.29) is 19.2 Å². The molecule has 0 heterocycles. The van der Waals surface area contributed by atoms with Crippen LogP contribution in [0.5, 0.6) is 5.75 Å². The van der Waals surface area contributed by atoms with E-state index in [0.717, 1.165) is 36.8 Å². The van der Waals surface area contributed by atoms with E-state index < -0.39 is 22.1 Å². The fraction of sp³-hybridized carbons (Fsp3) is 0.355. The first-order chi connectivity index (χ1) is 17.7. The van der Waals surface area contributed by atoms with Gasteiger partial charge in [-0.3, -0.25) is 0 Å². The summed E-state index contributed by atoms with van der Waals surface area (Å²) in [4.78, 5) is 28.0. The molecule has 3 aromatic rings. The van der Waals surface area contributed by atoms with Crippen molar-refractivity contribution in [1.82, 2.24) is 4.48 Å². The molecule has 2 amide bonds. The number of fused-ring (bicyclic) bond motifs is 1. The third-order valence-electron chi connectivity index (χ3n) is 6.63. The van der Waals surface area contributed by atoms with Gasteiger partial charge in [0.15, 0.2) is 5.69 Å². The number of hydrogen-bond donors (Lipinski definition) is 1. The summed E-state index contributed by atoms with van der Waals surface area (Å²) in [6.45, 7) is 5.23. The van der Waals surface area contributed by atoms with Crippen LogP contribution < -0.4 is 15.0 Å². The molecule has 2 atom stereocenters. The van der Waals surface area contributed by atoms with Crippen LogP contribution in [0.1, 0.15) is 50.3 Å². The van der Waals surface area contributed by atoms with E-state index >= 15 is 0 Å². The number of carbonyl (C=O) groups excluding carboxylic acids is 2. The van der Waals surface area contributed by atoms with Crippen LogP contribution in [0.2, 0.25) is 0 Å². The Hall–Kier alpha value is -3.48. The molecule has 1 aliphatic carbocycles. The maximum atomic E-state index is 14.1. The first-order valence-electron chi connectivity index (χ1n) is 12.9. The van der Waals surface area contributed by atoms with Crippen molar-refractivity contribution in [2.75, 3.05) is 6.61 Å². The maximum Gasteiger partial charge on any atom is 0.529 e. The van der Waals surface area contributed by atoms with Gasteiger partial charge < -0.3 is 15.2 Å². The zero-order valence-electron chi connectivity index (χ0n) is 22.0. The Bertz CT molecular complexity index is 1220. The second-order valence-corrected chi connectivity index (χ2v) is 10.7. The molecule has 6 nitrogen and oxygen atoms in total. The minimum absolute atomic E-state index is 0.112. The van der Waals surface area contributed by atoms with Crippen molar-refractivity contribution in [3.8, 4) is 5.75 Å². The van der Waals surface area contributed by atoms with Crippen molar-refractivity contribution in [2.45, 2.75) is 64.6 Å². The molecule has 0 radical (unpaired) electrons. The summed E-state index contributed by atoms with van der Waals surface area (Å²) in [5, 5.41) is 0. The third-order valence-corrected chi connectivity index (χ3v) is 6.63. The zero-order chi connectivity index (χ0) is 26.5. The first-order valence-corrected chi connectivity index (χ1v) is 12.9. The second kappa shape index (κ2) is 11.3. The molecule has 4 rings (SSSR count). The predicted molar refractivity (Wildman–Crippen MR) is 146 cm³/mol. The molecule has 194 valence electrons. The van der Waals surface area contributed by atoms with Gasteiger partial charge in [0.1, 0.15) is 17.9 Å². The number of quaternary nitrogens is 1. The highest BCUT2D eigenvalue weighted by molar-refractivity contribution is 6.06. The highest BCUT2D eigenvalue weighted by Crippen LogP contribution is 2.31. The van der Waals surface area contributed by atoms with Crippen LogP contribution in [0.15, 0.2) is 78.9 Å². The Balaban J connectivity index is 1.68. The number of imide groups is 1. The van der Waals surface area contributed by atoms with Crippen LogP contribution in [0, 0.1) is 0 Å². The van der Waals surface area contributed by atoms with Gasteiger partial charge >= 0.3 is 12.0 Å². The number of para-hydroxylation sites is 1. The Morgan fingerprint density at radius 3 is 2.30 bits per heavy atom. The van der Waals surface area contributed by atoms with E-state index in [1.54, 1.807) is 32.9 Å². The van der Waals surface area contributed by atoms with E-state index in [1.807, 2.05) is 60.7 Å². The lowest BCUT2D eigenvalue weighted by Gasteiger charge is -2.34. The highest BCUT2D eigenvalue weighted by atomic mass is 16.6. The van der Waals surface area contributed by atoms with Crippen molar-refractivity contribution < 1.29 is 19.1 Å². The third kappa shape index (κ3) is 6.45. The first kappa shape index (κ1) is 26.6. The number of aryl methyl sites for hydroxylation is 1. The van der Waals surface area contributed by atoms with Crippen LogP contribution in [0.4, 0.5) is 10.5 Å². The van der Waals surface area contributed by atoms with Gasteiger partial charge in [-0.05, 0) is 69.7 Å². The van der Waals surface area contributed by atoms with Crippen molar-refractivity contribution in [1.29, 1.82) is 0 Å². The van der Waals surface area contributed by atoms with E-state index in [2.05, 4.69) is 6.07 Å². The topological polar surface area (TPSA) is 78.6 Å². The largest absolute Gasteiger partial charge is 0.529 e. The average molecular weight is 502 g/mol. The number of hydrogen-bond acceptors (Lipinski definition) is 5. The number of carbonyl (C=O) groups is 2. The summed E-state index contributed by atoms with van der Waals surface area (Å²) < 4.78 is 11.2. The summed E-state index contributed by atoms with van der Waals surface area (Å²) in [6.07, 6.45) is 3.21. The van der Waals surface area contributed by atoms with Gasteiger partial charge in [-0.1, -0.05) is 54.6 Å². The number of rotatable bonds is 6. The quantitative estimate of drug-likeness (QED) is 0.334. The Morgan fingerprint density at radius 2 is 1.62 bits per heavy atom. The second-order valence-electron chi connectivity index (χ2n) is 10.7. The summed E-state index contributed by atoms with van der Waals surface area (Å²) in [7, 11) is 0. The lowest BCUT2D eigenvalue weighted by molar-refractivity contribution is -0.132. The molecule has 0 saturated carbocycles. The predicted octanol–water partition coefficient (Wildman–Crippen LogP) is 5.94. The molecule has 2 unspecified atom stereocenters. The van der Waals surface area contributed by atoms with Crippen molar-refractivity contribution in [3.05, 3.63) is 95.6 Å². The fourth-order valence-corrected chi connectivity index (χ4v) is 4.80. The summed E-state index contributed by atoms with van der Waals surface area (Å²) in [6, 6.07) is 24.6. The molecular weight excluding hydrogens is 464 g/mol. The molecule has 6 heteroatoms. The Morgan fingerprint density at radius 1 is 0.946 bits per heavy atom. The average Bonchev–Trinajstić information content (AvgIpc) is 3.05. The van der Waals surface area contributed by atoms with Gasteiger partial charge in [0.2, 0.25) is 6.61 Å². The van der Waals surface area contributed by atoms with Gasteiger partial charge in [0.25, 0.3) is 0 Å². The van der Waals surface area contributed by atoms with Gasteiger partial charge in [-0.2, -0.15) is 4.79 Å². The van der Waals surface area contributed by atoms with Crippen molar-refractivity contribution >= 4 is 17.7 Å². The molecule has 0 spiro atoms. The molecule has 0 aliphatic heterocycles. The van der Waals surface area contributed by atoms with E-state index in [9.17, 15) is 9.59 Å². The van der Waals surface area contributed by atoms with Crippen LogP contribution >= 0.6 is 0 Å². The summed E-state index contributed by atoms with van der Waals surface area (Å²) >= 11 is 0. The molecule has 0 saturated heterocycles. The van der Waals surface area contributed by atoms with Crippen molar-refractivity contribution in [3.63, 3.8) is 0 Å². The summed E-state index contributed by atoms with van der Waals surface area (Å²) in [5.74, 6) is 0.187. The zero-order valence-corrected chi connectivity index (χ0v) is 22.0. The normalized spacial score (nSPS) is 17.1. The highest BCUT2D eigenvalue weighted by Gasteiger charge is 2.50. The monoisotopic (exact) mass is 501 g/mol. The summed E-state index contributed by atoms with van der Waals surface area (Å²) in [5.41, 5.74) is 9.28. The standard InChI is InChI=1S/C31H37N2O4/c1-31(2,3)37-30(35)33(27-15-8-5-9-16-27,21-23-11-6-4-7-12-23)29(34)22-36-28-18-17-24-13-10-14-26(32)19-25(24)20-28/h4-9,11-12,15-18,20,26H,10,13-14,19,21-22,32H2,1-3H3/q+1. The van der Waals surface area contributed by atoms with E-state index in [0.29, 0.717) is 11.4 Å². The molecule has 1 aliphatic rings. The minimum Gasteiger partial charge on any atom is -0.479 e. The SMILES string of the molecule is CC(C)(C)OC(=O)[N+](Cc1ccccc1)(C(=O)COc1ccc2c(c1)CC(N)CCC2)c1ccccc1. The lowest BCUT2D eigenvalue weighted by atomic mass is 10.0. The van der Waals surface area contributed by atoms with Gasteiger partial charge in [-0.15, -0.1) is 4.48 Å². The number of amides is 2. The Kier molecular flexibility index (Phi) is 8.10. The van der Waals surface area contributed by atoms with Gasteiger partial charge in [-0.25, -0.2) is 4.79 Å². The van der Waals surface area contributed by atoms with Gasteiger partial charge in [0.05, 0.1) is 0 Å². The number of nitrogens with zero attached hydrogens (tertiary/aromatic N) is 1. The molecule has 37 heavy (non-hydrogen) atoms. The smallest absolute Gasteiger partial charge is 0.479 e. The molecule has 0 bridgehead atoms. The van der Waals surface area contributed by atoms with Crippen LogP contribution in [0.25, 0.3) is 0 Å². The Labute approximate surface area is 219 Å². The molecular formula is C31H37N2O4+. The van der Waals surface area contributed by atoms with Gasteiger partial charge in [0, 0.05) is 23.7 Å². The maximum absolute atomic E-state index is 14.1. The minimum atomic E-state index is -0.775. The molecule has 0 aromatic heterocycles. The lowest BCUT2D eigenvalue weighted by Crippen LogP contribution is -2.61. The van der Waals surface area contributed by atoms with Crippen LogP contribution in [-0.4, -0.2) is 30.3 Å².